The van der Waals surface area contributed by atoms with E-state index in [1.807, 2.05) is 48.5 Å². The molecule has 0 saturated carbocycles. The fraction of sp³-hybridized carbons (Fsp3) is 0.125. The number of carbonyl (C=O) groups excluding carboxylic acids is 1. The average Bonchev–Trinajstić information content (AvgIpc) is 2.47. The molecule has 0 aliphatic rings. The number of rotatable bonds is 5. The van der Waals surface area contributed by atoms with E-state index in [2.05, 4.69) is 33.1 Å². The maximum absolute atomic E-state index is 10.7. The molecule has 0 aromatic heterocycles. The van der Waals surface area contributed by atoms with E-state index in [1.54, 1.807) is 6.21 Å². The van der Waals surface area contributed by atoms with Gasteiger partial charge >= 0.3 is 0 Å². The first-order chi connectivity index (χ1) is 10.1. The van der Waals surface area contributed by atoms with Crippen molar-refractivity contribution in [3.8, 4) is 5.75 Å². The molecule has 1 amide bonds. The molecule has 0 spiro atoms. The van der Waals surface area contributed by atoms with Crippen molar-refractivity contribution < 1.29 is 9.53 Å². The zero-order valence-electron chi connectivity index (χ0n) is 11.5. The van der Waals surface area contributed by atoms with Gasteiger partial charge in [-0.2, -0.15) is 5.10 Å². The van der Waals surface area contributed by atoms with Gasteiger partial charge in [-0.15, -0.1) is 0 Å². The summed E-state index contributed by atoms with van der Waals surface area (Å²) in [6.45, 7) is 1.96. The van der Waals surface area contributed by atoms with E-state index < -0.39 is 0 Å². The van der Waals surface area contributed by atoms with Crippen LogP contribution in [-0.4, -0.2) is 12.1 Å². The summed E-state index contributed by atoms with van der Waals surface area (Å²) in [7, 11) is 0. The molecular formula is C16H15IN2O2. The summed E-state index contributed by atoms with van der Waals surface area (Å²) in [5, 5.41) is 3.84. The van der Waals surface area contributed by atoms with Crippen LogP contribution in [0.3, 0.4) is 0 Å². The highest BCUT2D eigenvalue weighted by molar-refractivity contribution is 14.1. The van der Waals surface area contributed by atoms with Crippen LogP contribution in [0.5, 0.6) is 5.75 Å². The quantitative estimate of drug-likeness (QED) is 0.481. The van der Waals surface area contributed by atoms with Crippen molar-refractivity contribution in [2.75, 3.05) is 0 Å². The fourth-order valence-electron chi connectivity index (χ4n) is 1.65. The SMILES string of the molecule is CC(=O)N/N=C\c1ccc(OCc2ccccc2)c(I)c1. The molecule has 0 aliphatic heterocycles. The largest absolute Gasteiger partial charge is 0.488 e. The van der Waals surface area contributed by atoms with Gasteiger partial charge in [0, 0.05) is 6.92 Å². The lowest BCUT2D eigenvalue weighted by atomic mass is 10.2. The Morgan fingerprint density at radius 2 is 2.05 bits per heavy atom. The highest BCUT2D eigenvalue weighted by atomic mass is 127. The van der Waals surface area contributed by atoms with E-state index in [4.69, 9.17) is 4.74 Å². The number of amides is 1. The van der Waals surface area contributed by atoms with Crippen LogP contribution in [0.1, 0.15) is 18.1 Å². The third-order valence-corrected chi connectivity index (χ3v) is 3.47. The summed E-state index contributed by atoms with van der Waals surface area (Å²) < 4.78 is 6.79. The van der Waals surface area contributed by atoms with Gasteiger partial charge in [0.05, 0.1) is 9.78 Å². The summed E-state index contributed by atoms with van der Waals surface area (Å²) in [5.41, 5.74) is 4.40. The lowest BCUT2D eigenvalue weighted by Crippen LogP contribution is -2.12. The Hall–Kier alpha value is -1.89. The third-order valence-electron chi connectivity index (χ3n) is 2.63. The van der Waals surface area contributed by atoms with Crippen molar-refractivity contribution in [2.24, 2.45) is 5.10 Å². The molecule has 2 aromatic carbocycles. The van der Waals surface area contributed by atoms with E-state index in [0.717, 1.165) is 20.4 Å². The monoisotopic (exact) mass is 394 g/mol. The van der Waals surface area contributed by atoms with Crippen LogP contribution in [0.25, 0.3) is 0 Å². The Labute approximate surface area is 137 Å². The first-order valence-corrected chi connectivity index (χ1v) is 7.49. The first kappa shape index (κ1) is 15.5. The molecule has 5 heteroatoms. The molecule has 2 aromatic rings. The minimum absolute atomic E-state index is 0.191. The Kier molecular flexibility index (Phi) is 5.74. The smallest absolute Gasteiger partial charge is 0.236 e. The third kappa shape index (κ3) is 5.18. The Morgan fingerprint density at radius 1 is 1.29 bits per heavy atom. The predicted octanol–water partition coefficient (Wildman–Crippen LogP) is 3.34. The molecule has 1 N–H and O–H groups in total. The van der Waals surface area contributed by atoms with E-state index in [-0.39, 0.29) is 5.91 Å². The number of halogens is 1. The maximum Gasteiger partial charge on any atom is 0.236 e. The van der Waals surface area contributed by atoms with Crippen molar-refractivity contribution in [2.45, 2.75) is 13.5 Å². The van der Waals surface area contributed by atoms with Gasteiger partial charge in [0.2, 0.25) is 5.91 Å². The van der Waals surface area contributed by atoms with Crippen molar-refractivity contribution in [3.05, 3.63) is 63.2 Å². The summed E-state index contributed by atoms with van der Waals surface area (Å²) in [6, 6.07) is 15.8. The molecule has 0 bridgehead atoms. The molecule has 0 heterocycles. The van der Waals surface area contributed by atoms with Crippen LogP contribution >= 0.6 is 22.6 Å². The van der Waals surface area contributed by atoms with Crippen molar-refractivity contribution in [1.82, 2.24) is 5.43 Å². The highest BCUT2D eigenvalue weighted by Crippen LogP contribution is 2.22. The van der Waals surface area contributed by atoms with Gasteiger partial charge in [-0.05, 0) is 51.9 Å². The fourth-order valence-corrected chi connectivity index (χ4v) is 2.34. The minimum Gasteiger partial charge on any atom is -0.488 e. The van der Waals surface area contributed by atoms with Crippen molar-refractivity contribution >= 4 is 34.7 Å². The second-order valence-electron chi connectivity index (χ2n) is 4.39. The second-order valence-corrected chi connectivity index (χ2v) is 5.55. The summed E-state index contributed by atoms with van der Waals surface area (Å²) in [5.74, 6) is 0.639. The van der Waals surface area contributed by atoms with Gasteiger partial charge in [0.1, 0.15) is 12.4 Å². The molecule has 0 aliphatic carbocycles. The number of benzene rings is 2. The molecule has 0 saturated heterocycles. The topological polar surface area (TPSA) is 50.7 Å². The molecule has 2 rings (SSSR count). The molecule has 0 fully saturated rings. The zero-order valence-corrected chi connectivity index (χ0v) is 13.7. The number of hydrogen-bond acceptors (Lipinski definition) is 3. The van der Waals surface area contributed by atoms with Crippen molar-refractivity contribution in [3.63, 3.8) is 0 Å². The summed E-state index contributed by atoms with van der Waals surface area (Å²) >= 11 is 2.22. The molecule has 0 atom stereocenters. The summed E-state index contributed by atoms with van der Waals surface area (Å²) in [6.07, 6.45) is 1.60. The van der Waals surface area contributed by atoms with Gasteiger partial charge in [-0.3, -0.25) is 4.79 Å². The van der Waals surface area contributed by atoms with Crippen LogP contribution in [0.4, 0.5) is 0 Å². The predicted molar refractivity (Wildman–Crippen MR) is 91.3 cm³/mol. The van der Waals surface area contributed by atoms with E-state index in [1.165, 1.54) is 6.92 Å². The number of hydrogen-bond donors (Lipinski definition) is 1. The second kappa shape index (κ2) is 7.78. The van der Waals surface area contributed by atoms with Gasteiger partial charge in [-0.25, -0.2) is 5.43 Å². The van der Waals surface area contributed by atoms with Gasteiger partial charge in [-0.1, -0.05) is 30.3 Å². The number of hydrazone groups is 1. The number of ether oxygens (including phenoxy) is 1. The number of nitrogens with one attached hydrogen (secondary N) is 1. The Morgan fingerprint density at radius 3 is 2.71 bits per heavy atom. The number of nitrogens with zero attached hydrogens (tertiary/aromatic N) is 1. The van der Waals surface area contributed by atoms with E-state index in [9.17, 15) is 4.79 Å². The van der Waals surface area contributed by atoms with Crippen LogP contribution in [0.15, 0.2) is 53.6 Å². The molecule has 21 heavy (non-hydrogen) atoms. The lowest BCUT2D eigenvalue weighted by molar-refractivity contribution is -0.118. The van der Waals surface area contributed by atoms with Crippen LogP contribution < -0.4 is 10.2 Å². The Balaban J connectivity index is 1.99. The maximum atomic E-state index is 10.7. The molecule has 0 unspecified atom stereocenters. The van der Waals surface area contributed by atoms with E-state index in [0.29, 0.717) is 6.61 Å². The van der Waals surface area contributed by atoms with Crippen LogP contribution in [-0.2, 0) is 11.4 Å². The standard InChI is InChI=1S/C16H15IN2O2/c1-12(20)19-18-10-14-7-8-16(15(17)9-14)21-11-13-5-3-2-4-6-13/h2-10H,11H2,1H3,(H,19,20)/b18-10-. The molecule has 108 valence electrons. The Bertz CT molecular complexity index is 642. The minimum atomic E-state index is -0.191. The molecule has 4 nitrogen and oxygen atoms in total. The normalized spacial score (nSPS) is 10.6. The first-order valence-electron chi connectivity index (χ1n) is 6.41. The van der Waals surface area contributed by atoms with E-state index >= 15 is 0 Å². The molecular weight excluding hydrogens is 379 g/mol. The van der Waals surface area contributed by atoms with Crippen molar-refractivity contribution in [1.29, 1.82) is 0 Å². The lowest BCUT2D eigenvalue weighted by Gasteiger charge is -2.08. The number of carbonyl (C=O) groups is 1. The summed E-state index contributed by atoms with van der Waals surface area (Å²) in [4.78, 5) is 10.7. The van der Waals surface area contributed by atoms with Crippen LogP contribution in [0, 0.1) is 3.57 Å². The zero-order chi connectivity index (χ0) is 15.1. The van der Waals surface area contributed by atoms with Gasteiger partial charge in [0.15, 0.2) is 0 Å². The van der Waals surface area contributed by atoms with Gasteiger partial charge < -0.3 is 4.74 Å². The average molecular weight is 394 g/mol. The molecule has 0 radical (unpaired) electrons. The van der Waals surface area contributed by atoms with Crippen LogP contribution in [0.2, 0.25) is 0 Å². The highest BCUT2D eigenvalue weighted by Gasteiger charge is 2.02. The van der Waals surface area contributed by atoms with Gasteiger partial charge in [0.25, 0.3) is 0 Å².